The largest absolute Gasteiger partial charge is 0.484 e. The number of amides is 1. The third-order valence-corrected chi connectivity index (χ3v) is 4.98. The second kappa shape index (κ2) is 9.64. The van der Waals surface area contributed by atoms with Crippen molar-refractivity contribution >= 4 is 18.3 Å². The maximum Gasteiger partial charge on any atom is 0.422 e. The summed E-state index contributed by atoms with van der Waals surface area (Å²) in [5, 5.41) is 0. The Balaban J connectivity index is 0.00000364. The van der Waals surface area contributed by atoms with Crippen molar-refractivity contribution in [2.24, 2.45) is 17.6 Å². The van der Waals surface area contributed by atoms with Gasteiger partial charge in [-0.2, -0.15) is 13.2 Å². The maximum atomic E-state index is 12.7. The highest BCUT2D eigenvalue weighted by Crippen LogP contribution is 2.33. The molecule has 0 aliphatic heterocycles. The molecule has 1 aliphatic carbocycles. The number of ether oxygens (including phenoxy) is 1. The van der Waals surface area contributed by atoms with Crippen LogP contribution in [0.3, 0.4) is 0 Å². The summed E-state index contributed by atoms with van der Waals surface area (Å²) in [6.45, 7) is 3.05. The van der Waals surface area contributed by atoms with Gasteiger partial charge in [-0.3, -0.25) is 4.79 Å². The van der Waals surface area contributed by atoms with E-state index in [9.17, 15) is 18.0 Å². The molecule has 0 saturated heterocycles. The minimum Gasteiger partial charge on any atom is -0.484 e. The van der Waals surface area contributed by atoms with Crippen LogP contribution < -0.4 is 10.5 Å². The summed E-state index contributed by atoms with van der Waals surface area (Å²) in [6, 6.07) is 3.55. The fourth-order valence-corrected chi connectivity index (χ4v) is 3.79. The SMILES string of the molecule is Cc1cc(CN(C)C(=O)[C@@H]2CCC[C@@H]2CN)cc(C)c1OCC(F)(F)F.Cl. The fourth-order valence-electron chi connectivity index (χ4n) is 3.79. The number of rotatable bonds is 6. The first kappa shape index (κ1) is 23.6. The zero-order valence-electron chi connectivity index (χ0n) is 15.9. The normalized spacial score (nSPS) is 19.5. The first-order valence-electron chi connectivity index (χ1n) is 8.87. The van der Waals surface area contributed by atoms with Crippen LogP contribution in [-0.4, -0.2) is 37.2 Å². The van der Waals surface area contributed by atoms with Crippen LogP contribution in [-0.2, 0) is 11.3 Å². The Hall–Kier alpha value is -1.47. The zero-order valence-corrected chi connectivity index (χ0v) is 16.8. The van der Waals surface area contributed by atoms with Gasteiger partial charge in [-0.1, -0.05) is 18.6 Å². The van der Waals surface area contributed by atoms with Crippen LogP contribution in [0.15, 0.2) is 12.1 Å². The average Bonchev–Trinajstić information content (AvgIpc) is 3.00. The highest BCUT2D eigenvalue weighted by molar-refractivity contribution is 5.85. The monoisotopic (exact) mass is 408 g/mol. The maximum absolute atomic E-state index is 12.7. The molecule has 1 amide bonds. The molecule has 1 saturated carbocycles. The molecule has 0 radical (unpaired) electrons. The van der Waals surface area contributed by atoms with Crippen molar-refractivity contribution in [2.75, 3.05) is 20.2 Å². The van der Waals surface area contributed by atoms with E-state index in [1.165, 1.54) is 0 Å². The molecular formula is C19H28ClF3N2O2. The molecule has 1 aliphatic rings. The predicted octanol–water partition coefficient (Wildman–Crippen LogP) is 4.00. The van der Waals surface area contributed by atoms with Gasteiger partial charge in [-0.05, 0) is 55.8 Å². The third-order valence-electron chi connectivity index (χ3n) is 4.98. The Kier molecular flexibility index (Phi) is 8.42. The molecule has 27 heavy (non-hydrogen) atoms. The number of hydrogen-bond donors (Lipinski definition) is 1. The van der Waals surface area contributed by atoms with E-state index in [2.05, 4.69) is 0 Å². The summed E-state index contributed by atoms with van der Waals surface area (Å²) >= 11 is 0. The van der Waals surface area contributed by atoms with Gasteiger partial charge in [0.05, 0.1) is 0 Å². The number of aryl methyl sites for hydroxylation is 2. The molecule has 1 aromatic carbocycles. The lowest BCUT2D eigenvalue weighted by molar-refractivity contribution is -0.153. The Morgan fingerprint density at radius 3 is 2.37 bits per heavy atom. The molecule has 0 unspecified atom stereocenters. The second-order valence-electron chi connectivity index (χ2n) is 7.19. The van der Waals surface area contributed by atoms with Gasteiger partial charge in [0.1, 0.15) is 5.75 Å². The standard InChI is InChI=1S/C19H27F3N2O2.ClH/c1-12-7-14(8-13(2)17(12)26-11-19(20,21)22)10-24(3)18(25)16-6-4-5-15(16)9-23;/h7-8,15-16H,4-6,9-11,23H2,1-3H3;1H/t15-,16-;/m1./s1. The minimum atomic E-state index is -4.37. The Morgan fingerprint density at radius 1 is 1.26 bits per heavy atom. The van der Waals surface area contributed by atoms with Crippen molar-refractivity contribution in [3.63, 3.8) is 0 Å². The summed E-state index contributed by atoms with van der Waals surface area (Å²) in [5.74, 6) is 0.554. The lowest BCUT2D eigenvalue weighted by Crippen LogP contribution is -2.36. The summed E-state index contributed by atoms with van der Waals surface area (Å²) in [4.78, 5) is 14.4. The van der Waals surface area contributed by atoms with E-state index >= 15 is 0 Å². The molecule has 8 heteroatoms. The van der Waals surface area contributed by atoms with E-state index in [-0.39, 0.29) is 35.9 Å². The Bertz CT molecular complexity index is 629. The van der Waals surface area contributed by atoms with Gasteiger partial charge in [0.25, 0.3) is 0 Å². The van der Waals surface area contributed by atoms with Crippen LogP contribution in [0, 0.1) is 25.7 Å². The molecule has 2 N–H and O–H groups in total. The topological polar surface area (TPSA) is 55.6 Å². The average molecular weight is 409 g/mol. The predicted molar refractivity (Wildman–Crippen MR) is 101 cm³/mol. The van der Waals surface area contributed by atoms with Gasteiger partial charge in [0.2, 0.25) is 5.91 Å². The summed E-state index contributed by atoms with van der Waals surface area (Å²) in [6.07, 6.45) is -1.49. The van der Waals surface area contributed by atoms with Crippen LogP contribution in [0.25, 0.3) is 0 Å². The van der Waals surface area contributed by atoms with Crippen molar-refractivity contribution in [1.29, 1.82) is 0 Å². The number of hydrogen-bond acceptors (Lipinski definition) is 3. The zero-order chi connectivity index (χ0) is 19.5. The van der Waals surface area contributed by atoms with E-state index in [4.69, 9.17) is 10.5 Å². The number of carbonyl (C=O) groups is 1. The summed E-state index contributed by atoms with van der Waals surface area (Å²) in [7, 11) is 1.76. The number of alkyl halides is 3. The minimum absolute atomic E-state index is 0. The molecule has 154 valence electrons. The number of nitrogens with zero attached hydrogens (tertiary/aromatic N) is 1. The smallest absolute Gasteiger partial charge is 0.422 e. The van der Waals surface area contributed by atoms with Gasteiger partial charge >= 0.3 is 6.18 Å². The van der Waals surface area contributed by atoms with Crippen molar-refractivity contribution in [3.8, 4) is 5.75 Å². The number of halogens is 4. The van der Waals surface area contributed by atoms with Crippen LogP contribution >= 0.6 is 12.4 Å². The number of benzene rings is 1. The van der Waals surface area contributed by atoms with E-state index < -0.39 is 12.8 Å². The van der Waals surface area contributed by atoms with Gasteiger partial charge in [-0.15, -0.1) is 12.4 Å². The van der Waals surface area contributed by atoms with Crippen molar-refractivity contribution < 1.29 is 22.7 Å². The van der Waals surface area contributed by atoms with E-state index in [1.807, 2.05) is 0 Å². The molecule has 0 aromatic heterocycles. The van der Waals surface area contributed by atoms with Crippen LogP contribution in [0.1, 0.15) is 36.0 Å². The molecule has 0 spiro atoms. The molecule has 2 rings (SSSR count). The molecule has 2 atom stereocenters. The van der Waals surface area contributed by atoms with Crippen LogP contribution in [0.2, 0.25) is 0 Å². The first-order chi connectivity index (χ1) is 12.1. The van der Waals surface area contributed by atoms with Crippen molar-refractivity contribution in [1.82, 2.24) is 4.90 Å². The molecule has 0 bridgehead atoms. The molecular weight excluding hydrogens is 381 g/mol. The third kappa shape index (κ3) is 6.28. The fraction of sp³-hybridized carbons (Fsp3) is 0.632. The quantitative estimate of drug-likeness (QED) is 0.774. The van der Waals surface area contributed by atoms with Crippen molar-refractivity contribution in [3.05, 3.63) is 28.8 Å². The van der Waals surface area contributed by atoms with Gasteiger partial charge in [0, 0.05) is 19.5 Å². The van der Waals surface area contributed by atoms with E-state index in [0.717, 1.165) is 24.8 Å². The Labute approximate surface area is 164 Å². The lowest BCUT2D eigenvalue weighted by Gasteiger charge is -2.25. The molecule has 1 fully saturated rings. The lowest BCUT2D eigenvalue weighted by atomic mass is 9.94. The molecule has 1 aromatic rings. The number of carbonyl (C=O) groups excluding carboxylic acids is 1. The van der Waals surface area contributed by atoms with Gasteiger partial charge in [-0.25, -0.2) is 0 Å². The highest BCUT2D eigenvalue weighted by Gasteiger charge is 2.33. The van der Waals surface area contributed by atoms with Gasteiger partial charge in [0.15, 0.2) is 6.61 Å². The highest BCUT2D eigenvalue weighted by atomic mass is 35.5. The van der Waals surface area contributed by atoms with Crippen LogP contribution in [0.5, 0.6) is 5.75 Å². The van der Waals surface area contributed by atoms with Crippen LogP contribution in [0.4, 0.5) is 13.2 Å². The van der Waals surface area contributed by atoms with E-state index in [0.29, 0.717) is 24.2 Å². The molecule has 4 nitrogen and oxygen atoms in total. The molecule has 0 heterocycles. The first-order valence-corrected chi connectivity index (χ1v) is 8.87. The van der Waals surface area contributed by atoms with E-state index in [1.54, 1.807) is 37.9 Å². The van der Waals surface area contributed by atoms with Gasteiger partial charge < -0.3 is 15.4 Å². The Morgan fingerprint density at radius 2 is 1.85 bits per heavy atom. The van der Waals surface area contributed by atoms with Crippen molar-refractivity contribution in [2.45, 2.75) is 45.8 Å². The summed E-state index contributed by atoms with van der Waals surface area (Å²) < 4.78 is 42.1. The number of nitrogens with two attached hydrogens (primary N) is 1. The second-order valence-corrected chi connectivity index (χ2v) is 7.19. The summed E-state index contributed by atoms with van der Waals surface area (Å²) in [5.41, 5.74) is 7.90.